The van der Waals surface area contributed by atoms with E-state index in [1.54, 1.807) is 25.1 Å². The maximum absolute atomic E-state index is 9.90. The molecule has 1 unspecified atom stereocenters. The van der Waals surface area contributed by atoms with Gasteiger partial charge in [-0.1, -0.05) is 12.1 Å². The zero-order valence-corrected chi connectivity index (χ0v) is 12.2. The lowest BCUT2D eigenvalue weighted by Gasteiger charge is -2.38. The van der Waals surface area contributed by atoms with Gasteiger partial charge in [0.1, 0.15) is 24.1 Å². The molecule has 1 aliphatic rings. The molecule has 7 heteroatoms. The van der Waals surface area contributed by atoms with Crippen LogP contribution in [0, 0.1) is 0 Å². The summed E-state index contributed by atoms with van der Waals surface area (Å²) in [6.45, 7) is 1.98. The molecule has 0 aliphatic carbocycles. The summed E-state index contributed by atoms with van der Waals surface area (Å²) in [4.78, 5) is 3.83. The third-order valence-corrected chi connectivity index (χ3v) is 3.41. The van der Waals surface area contributed by atoms with E-state index in [9.17, 15) is 15.3 Å². The lowest BCUT2D eigenvalue weighted by molar-refractivity contribution is -0.268. The third-order valence-electron chi connectivity index (χ3n) is 3.29. The molecule has 2 rings (SSSR count). The van der Waals surface area contributed by atoms with Gasteiger partial charge in [-0.15, -0.1) is 0 Å². The van der Waals surface area contributed by atoms with Gasteiger partial charge in [0.2, 0.25) is 6.29 Å². The zero-order valence-electron chi connectivity index (χ0n) is 11.4. The number of hydrogen-bond donors (Lipinski definition) is 3. The second kappa shape index (κ2) is 7.09. The highest BCUT2D eigenvalue weighted by Crippen LogP contribution is 2.24. The summed E-state index contributed by atoms with van der Waals surface area (Å²) >= 11 is 4.51. The lowest BCUT2D eigenvalue weighted by atomic mass is 10.00. The highest BCUT2D eigenvalue weighted by Gasteiger charge is 2.43. The minimum absolute atomic E-state index is 0.381. The molecule has 0 spiro atoms. The van der Waals surface area contributed by atoms with Crippen molar-refractivity contribution in [2.75, 3.05) is 0 Å². The van der Waals surface area contributed by atoms with Crippen LogP contribution in [0.15, 0.2) is 29.3 Å². The van der Waals surface area contributed by atoms with Crippen molar-refractivity contribution in [1.29, 1.82) is 0 Å². The molecule has 1 fully saturated rings. The van der Waals surface area contributed by atoms with Gasteiger partial charge in [0.05, 0.1) is 17.8 Å². The molecule has 0 bridgehead atoms. The number of ether oxygens (including phenoxy) is 2. The Morgan fingerprint density at radius 3 is 2.76 bits per heavy atom. The number of thiocarbonyl (C=S) groups is 1. The van der Waals surface area contributed by atoms with Gasteiger partial charge in [0, 0.05) is 0 Å². The van der Waals surface area contributed by atoms with Crippen LogP contribution in [0.2, 0.25) is 0 Å². The summed E-state index contributed by atoms with van der Waals surface area (Å²) in [5, 5.41) is 31.5. The first-order valence-corrected chi connectivity index (χ1v) is 6.92. The highest BCUT2D eigenvalue weighted by molar-refractivity contribution is 7.78. The van der Waals surface area contributed by atoms with E-state index in [2.05, 4.69) is 22.4 Å². The van der Waals surface area contributed by atoms with Crippen molar-refractivity contribution in [3.05, 3.63) is 29.8 Å². The molecule has 114 valence electrons. The zero-order chi connectivity index (χ0) is 15.4. The summed E-state index contributed by atoms with van der Waals surface area (Å²) in [5.41, 5.74) is 0.865. The van der Waals surface area contributed by atoms with Crippen molar-refractivity contribution < 1.29 is 24.8 Å². The van der Waals surface area contributed by atoms with Gasteiger partial charge >= 0.3 is 0 Å². The Morgan fingerprint density at radius 2 is 2.05 bits per heavy atom. The average Bonchev–Trinajstić information content (AvgIpc) is 2.49. The van der Waals surface area contributed by atoms with Crippen LogP contribution < -0.4 is 4.74 Å². The van der Waals surface area contributed by atoms with Crippen LogP contribution in [0.5, 0.6) is 5.75 Å². The van der Waals surface area contributed by atoms with Crippen LogP contribution >= 0.6 is 12.2 Å². The quantitative estimate of drug-likeness (QED) is 0.554. The number of nitrogens with zero attached hydrogens (tertiary/aromatic N) is 1. The fourth-order valence-corrected chi connectivity index (χ4v) is 2.15. The molecule has 0 radical (unpaired) electrons. The monoisotopic (exact) mass is 311 g/mol. The maximum atomic E-state index is 9.90. The second-order valence-electron chi connectivity index (χ2n) is 4.85. The highest BCUT2D eigenvalue weighted by atomic mass is 32.1. The number of aliphatic hydroxyl groups excluding tert-OH is 3. The molecule has 0 saturated carbocycles. The first-order chi connectivity index (χ1) is 10.0. The smallest absolute Gasteiger partial charge is 0.229 e. The Balaban J connectivity index is 2.08. The Kier molecular flexibility index (Phi) is 5.41. The van der Waals surface area contributed by atoms with Crippen molar-refractivity contribution in [3.8, 4) is 5.75 Å². The first kappa shape index (κ1) is 16.0. The Hall–Kier alpha value is -1.34. The number of aliphatic hydroxyl groups is 3. The summed E-state index contributed by atoms with van der Waals surface area (Å²) in [7, 11) is 0. The van der Waals surface area contributed by atoms with Crippen LogP contribution in [-0.2, 0) is 11.3 Å². The van der Waals surface area contributed by atoms with Gasteiger partial charge in [0.25, 0.3) is 0 Å². The Bertz CT molecular complexity index is 534. The van der Waals surface area contributed by atoms with Gasteiger partial charge < -0.3 is 24.8 Å². The van der Waals surface area contributed by atoms with Gasteiger partial charge in [-0.05, 0) is 36.8 Å². The van der Waals surface area contributed by atoms with Crippen LogP contribution in [0.25, 0.3) is 0 Å². The Morgan fingerprint density at radius 1 is 1.29 bits per heavy atom. The molecular weight excluding hydrogens is 294 g/mol. The largest absolute Gasteiger partial charge is 0.462 e. The van der Waals surface area contributed by atoms with Crippen molar-refractivity contribution >= 4 is 17.4 Å². The first-order valence-electron chi connectivity index (χ1n) is 6.52. The number of benzene rings is 1. The van der Waals surface area contributed by atoms with Crippen molar-refractivity contribution in [3.63, 3.8) is 0 Å². The molecule has 0 aromatic heterocycles. The normalized spacial score (nSPS) is 32.3. The molecular formula is C14H17NO5S. The predicted octanol–water partition coefficient (Wildman–Crippen LogP) is 0.496. The average molecular weight is 311 g/mol. The number of hydrogen-bond acceptors (Lipinski definition) is 7. The Labute approximate surface area is 127 Å². The molecule has 1 heterocycles. The van der Waals surface area contributed by atoms with Crippen LogP contribution in [0.1, 0.15) is 12.5 Å². The van der Waals surface area contributed by atoms with Crippen LogP contribution in [0.4, 0.5) is 0 Å². The molecule has 21 heavy (non-hydrogen) atoms. The molecule has 1 aliphatic heterocycles. The fraction of sp³-hybridized carbons (Fsp3) is 0.500. The fourth-order valence-electron chi connectivity index (χ4n) is 2.09. The van der Waals surface area contributed by atoms with Gasteiger partial charge in [-0.2, -0.15) is 0 Å². The maximum Gasteiger partial charge on any atom is 0.229 e. The minimum Gasteiger partial charge on any atom is -0.462 e. The summed E-state index contributed by atoms with van der Waals surface area (Å²) in [5.74, 6) is 0.465. The molecule has 5 atom stereocenters. The van der Waals surface area contributed by atoms with Crippen LogP contribution in [0.3, 0.4) is 0 Å². The summed E-state index contributed by atoms with van der Waals surface area (Å²) in [6, 6.07) is 7.05. The summed E-state index contributed by atoms with van der Waals surface area (Å²) in [6.07, 6.45) is -5.50. The minimum atomic E-state index is -1.33. The van der Waals surface area contributed by atoms with E-state index >= 15 is 0 Å². The van der Waals surface area contributed by atoms with E-state index < -0.39 is 30.7 Å². The third kappa shape index (κ3) is 3.85. The molecule has 1 saturated heterocycles. The molecule has 0 amide bonds. The molecule has 1 aromatic carbocycles. The van der Waals surface area contributed by atoms with Crippen LogP contribution in [-0.4, -0.2) is 51.2 Å². The lowest BCUT2D eigenvalue weighted by Crippen LogP contribution is -2.58. The second-order valence-corrected chi connectivity index (χ2v) is 5.04. The van der Waals surface area contributed by atoms with E-state index in [0.29, 0.717) is 12.3 Å². The van der Waals surface area contributed by atoms with Gasteiger partial charge in [-0.3, -0.25) is 0 Å². The van der Waals surface area contributed by atoms with E-state index in [0.717, 1.165) is 5.56 Å². The van der Waals surface area contributed by atoms with E-state index in [-0.39, 0.29) is 0 Å². The SMILES string of the molecule is C[C@@H]1OC(Oc2cccc(CN=C=S)c2)[C@H](O)[C@H](O)[C@H]1O. The number of isothiocyanates is 1. The van der Waals surface area contributed by atoms with E-state index in [4.69, 9.17) is 9.47 Å². The molecule has 6 nitrogen and oxygen atoms in total. The predicted molar refractivity (Wildman–Crippen MR) is 78.2 cm³/mol. The van der Waals surface area contributed by atoms with Crippen molar-refractivity contribution in [1.82, 2.24) is 0 Å². The van der Waals surface area contributed by atoms with Gasteiger partial charge in [0.15, 0.2) is 0 Å². The van der Waals surface area contributed by atoms with Crippen molar-refractivity contribution in [2.45, 2.75) is 44.2 Å². The number of aliphatic imine (C=N–C) groups is 1. The molecule has 3 N–H and O–H groups in total. The van der Waals surface area contributed by atoms with Gasteiger partial charge in [-0.25, -0.2) is 4.99 Å². The molecule has 1 aromatic rings. The standard InChI is InChI=1S/C14H17NO5S/c1-8-11(16)12(17)13(18)14(19-8)20-10-4-2-3-9(5-10)6-15-7-21/h2-5,8,11-14,16-18H,6H2,1H3/t8-,11-,12+,13+,14?/m0/s1. The van der Waals surface area contributed by atoms with E-state index in [1.807, 2.05) is 6.07 Å². The summed E-state index contributed by atoms with van der Waals surface area (Å²) < 4.78 is 10.9. The van der Waals surface area contributed by atoms with E-state index in [1.165, 1.54) is 0 Å². The number of rotatable bonds is 4. The van der Waals surface area contributed by atoms with Crippen molar-refractivity contribution in [2.24, 2.45) is 4.99 Å². The topological polar surface area (TPSA) is 91.5 Å².